The zero-order chi connectivity index (χ0) is 19.1. The SMILES string of the molecule is CCc1nn2c(=O)cc(CN3CCC[C@@H](c4nc5ccccc5s4)C3)nc2s1. The number of nitrogens with zero attached hydrogens (tertiary/aromatic N) is 5. The largest absolute Gasteiger partial charge is 0.297 e. The van der Waals surface area contributed by atoms with E-state index in [1.807, 2.05) is 24.3 Å². The van der Waals surface area contributed by atoms with E-state index < -0.39 is 0 Å². The zero-order valence-electron chi connectivity index (χ0n) is 15.7. The second kappa shape index (κ2) is 7.35. The van der Waals surface area contributed by atoms with Gasteiger partial charge in [0.1, 0.15) is 5.01 Å². The average Bonchev–Trinajstić information content (AvgIpc) is 3.32. The lowest BCUT2D eigenvalue weighted by atomic mass is 9.98. The number of fused-ring (bicyclic) bond motifs is 2. The van der Waals surface area contributed by atoms with Crippen LogP contribution in [-0.4, -0.2) is 37.6 Å². The molecule has 4 heterocycles. The lowest BCUT2D eigenvalue weighted by molar-refractivity contribution is 0.198. The molecule has 0 bridgehead atoms. The summed E-state index contributed by atoms with van der Waals surface area (Å²) < 4.78 is 2.68. The first kappa shape index (κ1) is 17.9. The van der Waals surface area contributed by atoms with Crippen molar-refractivity contribution < 1.29 is 0 Å². The number of hydrogen-bond acceptors (Lipinski definition) is 7. The predicted molar refractivity (Wildman–Crippen MR) is 113 cm³/mol. The molecule has 1 aromatic carbocycles. The number of aromatic nitrogens is 4. The number of likely N-dealkylation sites (tertiary alicyclic amines) is 1. The number of piperidine rings is 1. The Kier molecular flexibility index (Phi) is 4.70. The molecule has 1 aliphatic rings. The zero-order valence-corrected chi connectivity index (χ0v) is 17.3. The minimum absolute atomic E-state index is 0.0873. The molecule has 0 N–H and O–H groups in total. The van der Waals surface area contributed by atoms with Crippen molar-refractivity contribution in [1.29, 1.82) is 0 Å². The van der Waals surface area contributed by atoms with Crippen molar-refractivity contribution in [2.75, 3.05) is 13.1 Å². The summed E-state index contributed by atoms with van der Waals surface area (Å²) >= 11 is 3.31. The predicted octanol–water partition coefficient (Wildman–Crippen LogP) is 3.70. The van der Waals surface area contributed by atoms with E-state index in [-0.39, 0.29) is 5.56 Å². The molecule has 0 amide bonds. The van der Waals surface area contributed by atoms with Gasteiger partial charge in [-0.2, -0.15) is 9.61 Å². The molecule has 8 heteroatoms. The van der Waals surface area contributed by atoms with E-state index in [0.29, 0.717) is 17.4 Å². The highest BCUT2D eigenvalue weighted by Gasteiger charge is 2.24. The fourth-order valence-electron chi connectivity index (χ4n) is 3.81. The first-order valence-electron chi connectivity index (χ1n) is 9.66. The van der Waals surface area contributed by atoms with Crippen LogP contribution in [0.1, 0.15) is 41.4 Å². The molecule has 28 heavy (non-hydrogen) atoms. The van der Waals surface area contributed by atoms with Gasteiger partial charge in [-0.15, -0.1) is 11.3 Å². The van der Waals surface area contributed by atoms with Gasteiger partial charge in [-0.1, -0.05) is 30.4 Å². The molecule has 0 saturated carbocycles. The van der Waals surface area contributed by atoms with Crippen molar-refractivity contribution >= 4 is 37.9 Å². The lowest BCUT2D eigenvalue weighted by Gasteiger charge is -2.31. The maximum Gasteiger partial charge on any atom is 0.275 e. The van der Waals surface area contributed by atoms with Crippen LogP contribution in [0.5, 0.6) is 0 Å². The molecule has 1 fully saturated rings. The topological polar surface area (TPSA) is 63.4 Å². The Balaban J connectivity index is 1.36. The van der Waals surface area contributed by atoms with Crippen molar-refractivity contribution in [3.63, 3.8) is 0 Å². The molecule has 0 radical (unpaired) electrons. The molecule has 1 atom stereocenters. The summed E-state index contributed by atoms with van der Waals surface area (Å²) in [6.07, 6.45) is 3.13. The van der Waals surface area contributed by atoms with Gasteiger partial charge in [0.05, 0.1) is 20.9 Å². The average molecular weight is 412 g/mol. The Morgan fingerprint density at radius 2 is 2.11 bits per heavy atom. The van der Waals surface area contributed by atoms with Gasteiger partial charge in [-0.25, -0.2) is 9.97 Å². The minimum atomic E-state index is -0.0873. The molecule has 0 aliphatic carbocycles. The normalized spacial score (nSPS) is 18.2. The maximum absolute atomic E-state index is 12.4. The van der Waals surface area contributed by atoms with E-state index >= 15 is 0 Å². The summed E-state index contributed by atoms with van der Waals surface area (Å²) in [6, 6.07) is 9.98. The maximum atomic E-state index is 12.4. The standard InChI is InChI=1S/C20H21N5OS2/c1-2-17-23-25-18(26)10-14(21-20(25)28-17)12-24-9-5-6-13(11-24)19-22-15-7-3-4-8-16(15)27-19/h3-4,7-8,10,13H,2,5-6,9,11-12H2,1H3/t13-/m1/s1. The van der Waals surface area contributed by atoms with Crippen molar-refractivity contribution in [3.05, 3.63) is 56.4 Å². The highest BCUT2D eigenvalue weighted by molar-refractivity contribution is 7.18. The molecule has 4 aromatic rings. The number of thiazole rings is 1. The van der Waals surface area contributed by atoms with Crippen molar-refractivity contribution in [2.24, 2.45) is 0 Å². The van der Waals surface area contributed by atoms with Crippen molar-refractivity contribution in [2.45, 2.75) is 38.6 Å². The molecule has 3 aromatic heterocycles. The Bertz CT molecular complexity index is 1160. The number of aryl methyl sites for hydroxylation is 1. The monoisotopic (exact) mass is 411 g/mol. The van der Waals surface area contributed by atoms with Crippen LogP contribution >= 0.6 is 22.7 Å². The quantitative estimate of drug-likeness (QED) is 0.512. The third-order valence-electron chi connectivity index (χ3n) is 5.19. The van der Waals surface area contributed by atoms with Gasteiger partial charge in [0.25, 0.3) is 5.56 Å². The first-order chi connectivity index (χ1) is 13.7. The fourth-order valence-corrected chi connectivity index (χ4v) is 5.77. The summed E-state index contributed by atoms with van der Waals surface area (Å²) in [5.74, 6) is 0.450. The van der Waals surface area contributed by atoms with Crippen LogP contribution in [0, 0.1) is 0 Å². The molecular weight excluding hydrogens is 390 g/mol. The van der Waals surface area contributed by atoms with E-state index in [1.54, 1.807) is 6.07 Å². The summed E-state index contributed by atoms with van der Waals surface area (Å²) in [6.45, 7) is 4.74. The fraction of sp³-hybridized carbons (Fsp3) is 0.400. The van der Waals surface area contributed by atoms with E-state index in [4.69, 9.17) is 9.97 Å². The highest BCUT2D eigenvalue weighted by atomic mass is 32.1. The highest BCUT2D eigenvalue weighted by Crippen LogP contribution is 2.33. The molecule has 144 valence electrons. The summed E-state index contributed by atoms with van der Waals surface area (Å²) in [7, 11) is 0. The van der Waals surface area contributed by atoms with Gasteiger partial charge < -0.3 is 0 Å². The van der Waals surface area contributed by atoms with Gasteiger partial charge >= 0.3 is 0 Å². The molecular formula is C20H21N5OS2. The van der Waals surface area contributed by atoms with Gasteiger partial charge in [-0.05, 0) is 37.9 Å². The van der Waals surface area contributed by atoms with Crippen LogP contribution in [0.3, 0.4) is 0 Å². The number of benzene rings is 1. The van der Waals surface area contributed by atoms with Crippen LogP contribution in [0.2, 0.25) is 0 Å². The molecule has 6 nitrogen and oxygen atoms in total. The Morgan fingerprint density at radius 1 is 1.21 bits per heavy atom. The third-order valence-corrected chi connectivity index (χ3v) is 7.44. The minimum Gasteiger partial charge on any atom is -0.297 e. The van der Waals surface area contributed by atoms with Crippen LogP contribution in [-0.2, 0) is 13.0 Å². The number of rotatable bonds is 4. The van der Waals surface area contributed by atoms with Gasteiger partial charge in [0, 0.05) is 25.1 Å². The number of hydrogen-bond donors (Lipinski definition) is 0. The van der Waals surface area contributed by atoms with Gasteiger partial charge in [0.2, 0.25) is 4.96 Å². The molecule has 1 saturated heterocycles. The van der Waals surface area contributed by atoms with E-state index in [0.717, 1.165) is 42.1 Å². The van der Waals surface area contributed by atoms with Crippen LogP contribution in [0.4, 0.5) is 0 Å². The van der Waals surface area contributed by atoms with E-state index in [9.17, 15) is 4.79 Å². The third kappa shape index (κ3) is 3.36. The van der Waals surface area contributed by atoms with Gasteiger partial charge in [0.15, 0.2) is 0 Å². The smallest absolute Gasteiger partial charge is 0.275 e. The van der Waals surface area contributed by atoms with Crippen molar-refractivity contribution in [3.8, 4) is 0 Å². The second-order valence-electron chi connectivity index (χ2n) is 7.22. The summed E-state index contributed by atoms with van der Waals surface area (Å²) in [5, 5.41) is 6.50. The van der Waals surface area contributed by atoms with Crippen LogP contribution in [0.15, 0.2) is 35.1 Å². The first-order valence-corrected chi connectivity index (χ1v) is 11.3. The molecule has 0 spiro atoms. The lowest BCUT2D eigenvalue weighted by Crippen LogP contribution is -2.34. The number of para-hydroxylation sites is 1. The Morgan fingerprint density at radius 3 is 2.96 bits per heavy atom. The van der Waals surface area contributed by atoms with Crippen LogP contribution < -0.4 is 5.56 Å². The molecule has 0 unspecified atom stereocenters. The second-order valence-corrected chi connectivity index (χ2v) is 9.33. The molecule has 5 rings (SSSR count). The van der Waals surface area contributed by atoms with E-state index in [1.165, 1.54) is 32.0 Å². The Hall–Kier alpha value is -2.16. The van der Waals surface area contributed by atoms with Gasteiger partial charge in [-0.3, -0.25) is 9.69 Å². The Labute approximate surface area is 170 Å². The summed E-state index contributed by atoms with van der Waals surface area (Å²) in [4.78, 5) is 25.0. The summed E-state index contributed by atoms with van der Waals surface area (Å²) in [5.41, 5.74) is 1.84. The van der Waals surface area contributed by atoms with Crippen molar-refractivity contribution in [1.82, 2.24) is 24.5 Å². The molecule has 1 aliphatic heterocycles. The van der Waals surface area contributed by atoms with Crippen LogP contribution in [0.25, 0.3) is 15.2 Å². The van der Waals surface area contributed by atoms with E-state index in [2.05, 4.69) is 28.2 Å².